The third-order valence-electron chi connectivity index (χ3n) is 2.59. The van der Waals surface area contributed by atoms with Gasteiger partial charge in [0.05, 0.1) is 15.9 Å². The third-order valence-corrected chi connectivity index (χ3v) is 4.31. The molecule has 0 aliphatic carbocycles. The van der Waals surface area contributed by atoms with Crippen LogP contribution < -0.4 is 0 Å². The molecule has 0 aromatic carbocycles. The van der Waals surface area contributed by atoms with Gasteiger partial charge in [0.2, 0.25) is 0 Å². The molecule has 6 heteroatoms. The molecular formula is C13H13ClIN3O. The zero-order valence-corrected chi connectivity index (χ0v) is 13.8. The number of pyridine rings is 1. The van der Waals surface area contributed by atoms with E-state index in [1.807, 2.05) is 19.9 Å². The number of aromatic nitrogens is 3. The van der Waals surface area contributed by atoms with Gasteiger partial charge in [0, 0.05) is 13.3 Å². The maximum absolute atomic E-state index is 6.15. The Hall–Kier alpha value is -0.790. The summed E-state index contributed by atoms with van der Waals surface area (Å²) < 4.78 is 5.94. The van der Waals surface area contributed by atoms with Crippen LogP contribution in [0, 0.1) is 17.4 Å². The average Bonchev–Trinajstić information content (AvgIpc) is 2.35. The van der Waals surface area contributed by atoms with E-state index in [1.165, 1.54) is 0 Å². The van der Waals surface area contributed by atoms with Crippen molar-refractivity contribution >= 4 is 34.2 Å². The fraction of sp³-hybridized carbons (Fsp3) is 0.308. The number of hydrogen-bond donors (Lipinski definition) is 0. The molecule has 0 spiro atoms. The van der Waals surface area contributed by atoms with Crippen LogP contribution in [0.25, 0.3) is 11.5 Å². The van der Waals surface area contributed by atoms with Crippen LogP contribution in [0.15, 0.2) is 12.3 Å². The van der Waals surface area contributed by atoms with E-state index in [0.29, 0.717) is 17.6 Å². The summed E-state index contributed by atoms with van der Waals surface area (Å²) in [5.74, 6) is 0.537. The molecule has 0 aliphatic rings. The van der Waals surface area contributed by atoms with Crippen LogP contribution in [0.4, 0.5) is 0 Å². The Kier molecular flexibility index (Phi) is 4.70. The molecule has 0 aliphatic heterocycles. The van der Waals surface area contributed by atoms with Gasteiger partial charge in [0.25, 0.3) is 0 Å². The second kappa shape index (κ2) is 6.11. The van der Waals surface area contributed by atoms with Gasteiger partial charge in [-0.3, -0.25) is 4.98 Å². The quantitative estimate of drug-likeness (QED) is 0.595. The second-order valence-corrected chi connectivity index (χ2v) is 5.65. The fourth-order valence-electron chi connectivity index (χ4n) is 1.75. The zero-order chi connectivity index (χ0) is 14.0. The highest BCUT2D eigenvalue weighted by Gasteiger charge is 2.14. The molecule has 0 saturated heterocycles. The van der Waals surface area contributed by atoms with Crippen LogP contribution in [-0.4, -0.2) is 22.1 Å². The highest BCUT2D eigenvalue weighted by Crippen LogP contribution is 2.25. The predicted octanol–water partition coefficient (Wildman–Crippen LogP) is 3.56. The smallest absolute Gasteiger partial charge is 0.180 e. The summed E-state index contributed by atoms with van der Waals surface area (Å²) in [5, 5.41) is 0.430. The van der Waals surface area contributed by atoms with E-state index in [1.54, 1.807) is 13.3 Å². The first kappa shape index (κ1) is 14.6. The lowest BCUT2D eigenvalue weighted by Gasteiger charge is -2.09. The lowest BCUT2D eigenvalue weighted by Crippen LogP contribution is -2.04. The standard InChI is InChI=1S/C13H13ClIN3O/c1-7-4-8(2)11(16-5-7)13-17-9(6-19-3)10(15)12(14)18-13/h4-5H,6H2,1-3H3. The molecule has 0 unspecified atom stereocenters. The Morgan fingerprint density at radius 3 is 2.68 bits per heavy atom. The van der Waals surface area contributed by atoms with Gasteiger partial charge in [-0.25, -0.2) is 9.97 Å². The van der Waals surface area contributed by atoms with Crippen LogP contribution in [-0.2, 0) is 11.3 Å². The number of nitrogens with zero attached hydrogens (tertiary/aromatic N) is 3. The van der Waals surface area contributed by atoms with E-state index in [2.05, 4.69) is 37.5 Å². The molecule has 4 nitrogen and oxygen atoms in total. The van der Waals surface area contributed by atoms with E-state index in [-0.39, 0.29) is 0 Å². The number of aryl methyl sites for hydroxylation is 2. The first-order valence-corrected chi connectivity index (χ1v) is 7.13. The van der Waals surface area contributed by atoms with Crippen molar-refractivity contribution in [3.63, 3.8) is 0 Å². The van der Waals surface area contributed by atoms with Gasteiger partial charge in [-0.2, -0.15) is 0 Å². The monoisotopic (exact) mass is 389 g/mol. The van der Waals surface area contributed by atoms with Gasteiger partial charge in [-0.1, -0.05) is 17.7 Å². The molecule has 19 heavy (non-hydrogen) atoms. The van der Waals surface area contributed by atoms with Crippen molar-refractivity contribution in [1.82, 2.24) is 15.0 Å². The summed E-state index contributed by atoms with van der Waals surface area (Å²) >= 11 is 8.27. The van der Waals surface area contributed by atoms with E-state index < -0.39 is 0 Å². The molecule has 0 radical (unpaired) electrons. The predicted molar refractivity (Wildman–Crippen MR) is 83.2 cm³/mol. The molecule has 2 rings (SSSR count). The Morgan fingerprint density at radius 1 is 1.32 bits per heavy atom. The first-order valence-electron chi connectivity index (χ1n) is 5.67. The van der Waals surface area contributed by atoms with Crippen molar-refractivity contribution in [2.75, 3.05) is 7.11 Å². The summed E-state index contributed by atoms with van der Waals surface area (Å²) in [7, 11) is 1.63. The lowest BCUT2D eigenvalue weighted by atomic mass is 10.1. The van der Waals surface area contributed by atoms with Gasteiger partial charge >= 0.3 is 0 Å². The Morgan fingerprint density at radius 2 is 2.05 bits per heavy atom. The maximum atomic E-state index is 6.15. The molecule has 2 aromatic rings. The van der Waals surface area contributed by atoms with E-state index in [9.17, 15) is 0 Å². The number of halogens is 2. The largest absolute Gasteiger partial charge is 0.378 e. The van der Waals surface area contributed by atoms with Crippen molar-refractivity contribution in [1.29, 1.82) is 0 Å². The Labute approximate surface area is 130 Å². The van der Waals surface area contributed by atoms with Crippen LogP contribution in [0.5, 0.6) is 0 Å². The van der Waals surface area contributed by atoms with Crippen molar-refractivity contribution in [2.24, 2.45) is 0 Å². The summed E-state index contributed by atoms with van der Waals surface area (Å²) in [6, 6.07) is 2.05. The van der Waals surface area contributed by atoms with E-state index >= 15 is 0 Å². The van der Waals surface area contributed by atoms with Gasteiger partial charge < -0.3 is 4.74 Å². The SMILES string of the molecule is COCc1nc(-c2ncc(C)cc2C)nc(Cl)c1I. The molecule has 0 atom stereocenters. The Balaban J connectivity index is 2.56. The van der Waals surface area contributed by atoms with Crippen LogP contribution in [0.3, 0.4) is 0 Å². The first-order chi connectivity index (χ1) is 9.02. The number of methoxy groups -OCH3 is 1. The van der Waals surface area contributed by atoms with Crippen LogP contribution in [0.2, 0.25) is 5.15 Å². The van der Waals surface area contributed by atoms with Crippen molar-refractivity contribution < 1.29 is 4.74 Å². The van der Waals surface area contributed by atoms with Crippen LogP contribution in [0.1, 0.15) is 16.8 Å². The summed E-state index contributed by atoms with van der Waals surface area (Å²) in [6.07, 6.45) is 1.80. The maximum Gasteiger partial charge on any atom is 0.180 e. The highest BCUT2D eigenvalue weighted by molar-refractivity contribution is 14.1. The topological polar surface area (TPSA) is 47.9 Å². The number of rotatable bonds is 3. The molecule has 0 N–H and O–H groups in total. The van der Waals surface area contributed by atoms with Gasteiger partial charge in [0.15, 0.2) is 5.82 Å². The van der Waals surface area contributed by atoms with Crippen LogP contribution >= 0.6 is 34.2 Å². The molecule has 100 valence electrons. The van der Waals surface area contributed by atoms with Crippen molar-refractivity contribution in [2.45, 2.75) is 20.5 Å². The van der Waals surface area contributed by atoms with Gasteiger partial charge in [0.1, 0.15) is 10.8 Å². The lowest BCUT2D eigenvalue weighted by molar-refractivity contribution is 0.181. The highest BCUT2D eigenvalue weighted by atomic mass is 127. The fourth-order valence-corrected chi connectivity index (χ4v) is 2.34. The molecular weight excluding hydrogens is 377 g/mol. The van der Waals surface area contributed by atoms with Gasteiger partial charge in [-0.05, 0) is 47.6 Å². The second-order valence-electron chi connectivity index (χ2n) is 4.21. The third kappa shape index (κ3) is 3.21. The van der Waals surface area contributed by atoms with Crippen molar-refractivity contribution in [3.8, 4) is 11.5 Å². The Bertz CT molecular complexity index is 619. The molecule has 0 amide bonds. The average molecular weight is 390 g/mol. The van der Waals surface area contributed by atoms with Crippen molar-refractivity contribution in [3.05, 3.63) is 37.8 Å². The minimum Gasteiger partial charge on any atom is -0.378 e. The normalized spacial score (nSPS) is 10.8. The summed E-state index contributed by atoms with van der Waals surface area (Å²) in [5.41, 5.74) is 3.66. The minimum atomic E-state index is 0.401. The number of ether oxygens (including phenoxy) is 1. The molecule has 0 fully saturated rings. The zero-order valence-electron chi connectivity index (χ0n) is 10.9. The molecule has 0 saturated carbocycles. The number of hydrogen-bond acceptors (Lipinski definition) is 4. The van der Waals surface area contributed by atoms with Gasteiger partial charge in [-0.15, -0.1) is 0 Å². The minimum absolute atomic E-state index is 0.401. The molecule has 2 heterocycles. The van der Waals surface area contributed by atoms with E-state index in [4.69, 9.17) is 16.3 Å². The molecule has 0 bridgehead atoms. The summed E-state index contributed by atoms with van der Waals surface area (Å²) in [6.45, 7) is 4.39. The summed E-state index contributed by atoms with van der Waals surface area (Å²) in [4.78, 5) is 13.2. The van der Waals surface area contributed by atoms with E-state index in [0.717, 1.165) is 26.1 Å². The molecule has 2 aromatic heterocycles.